The maximum atomic E-state index is 11.3. The van der Waals surface area contributed by atoms with Crippen molar-refractivity contribution in [3.8, 4) is 0 Å². The third-order valence-electron chi connectivity index (χ3n) is 3.03. The highest BCUT2D eigenvalue weighted by atomic mass is 32.2. The first kappa shape index (κ1) is 14.4. The molecular weight excluding hydrogens is 244 g/mol. The first-order valence-corrected chi connectivity index (χ1v) is 7.69. The summed E-state index contributed by atoms with van der Waals surface area (Å²) in [5.74, 6) is -1.66. The molecule has 5 nitrogen and oxygen atoms in total. The molecule has 1 aliphatic heterocycles. The average Bonchev–Trinajstić information content (AvgIpc) is 2.52. The summed E-state index contributed by atoms with van der Waals surface area (Å²) in [6, 6.07) is 0. The molecule has 1 N–H and O–H groups in total. The second kappa shape index (κ2) is 5.82. The Morgan fingerprint density at radius 1 is 1.47 bits per heavy atom. The highest BCUT2D eigenvalue weighted by molar-refractivity contribution is 7.91. The lowest BCUT2D eigenvalue weighted by Gasteiger charge is -2.18. The molecule has 1 fully saturated rings. The quantitative estimate of drug-likeness (QED) is 0.772. The van der Waals surface area contributed by atoms with Crippen molar-refractivity contribution in [3.05, 3.63) is 0 Å². The van der Waals surface area contributed by atoms with Crippen LogP contribution in [0.15, 0.2) is 0 Å². The molecule has 1 saturated heterocycles. The van der Waals surface area contributed by atoms with Gasteiger partial charge in [0.15, 0.2) is 9.84 Å². The molecule has 0 spiro atoms. The van der Waals surface area contributed by atoms with Gasteiger partial charge in [-0.05, 0) is 32.6 Å². The molecule has 0 aliphatic carbocycles. The molecule has 0 bridgehead atoms. The van der Waals surface area contributed by atoms with E-state index < -0.39 is 21.7 Å². The number of carboxylic acid groups (broad SMARTS) is 1. The minimum absolute atomic E-state index is 0.00560. The summed E-state index contributed by atoms with van der Waals surface area (Å²) in [5.41, 5.74) is 0. The molecule has 100 valence electrons. The van der Waals surface area contributed by atoms with Gasteiger partial charge in [0.1, 0.15) is 0 Å². The van der Waals surface area contributed by atoms with Gasteiger partial charge in [0.05, 0.1) is 23.5 Å². The molecule has 2 unspecified atom stereocenters. The number of carbonyl (C=O) groups is 1. The Morgan fingerprint density at radius 3 is 2.53 bits per heavy atom. The van der Waals surface area contributed by atoms with E-state index in [0.29, 0.717) is 19.4 Å². The topological polar surface area (TPSA) is 80.7 Å². The molecule has 0 aromatic heterocycles. The fourth-order valence-electron chi connectivity index (χ4n) is 2.13. The van der Waals surface area contributed by atoms with Crippen molar-refractivity contribution >= 4 is 15.8 Å². The van der Waals surface area contributed by atoms with E-state index in [1.807, 2.05) is 13.8 Å². The van der Waals surface area contributed by atoms with Gasteiger partial charge in [-0.25, -0.2) is 8.42 Å². The Labute approximate surface area is 102 Å². The smallest absolute Gasteiger partial charge is 0.306 e. The Kier molecular flexibility index (Phi) is 4.94. The van der Waals surface area contributed by atoms with Gasteiger partial charge < -0.3 is 9.84 Å². The van der Waals surface area contributed by atoms with E-state index in [-0.39, 0.29) is 23.5 Å². The van der Waals surface area contributed by atoms with E-state index in [1.54, 1.807) is 0 Å². The van der Waals surface area contributed by atoms with E-state index in [1.165, 1.54) is 0 Å². The number of hydrogen-bond donors (Lipinski definition) is 1. The summed E-state index contributed by atoms with van der Waals surface area (Å²) in [7, 11) is -3.02. The van der Waals surface area contributed by atoms with Crippen molar-refractivity contribution < 1.29 is 23.1 Å². The molecule has 2 atom stereocenters. The van der Waals surface area contributed by atoms with Crippen LogP contribution in [-0.2, 0) is 19.4 Å². The summed E-state index contributed by atoms with van der Waals surface area (Å²) in [5, 5.41) is 9.12. The van der Waals surface area contributed by atoms with Crippen molar-refractivity contribution in [3.63, 3.8) is 0 Å². The van der Waals surface area contributed by atoms with E-state index in [4.69, 9.17) is 9.84 Å². The molecule has 0 radical (unpaired) electrons. The van der Waals surface area contributed by atoms with Crippen LogP contribution in [0.4, 0.5) is 0 Å². The van der Waals surface area contributed by atoms with Gasteiger partial charge in [-0.3, -0.25) is 4.79 Å². The number of carboxylic acids is 1. The molecule has 1 rings (SSSR count). The number of rotatable bonds is 6. The van der Waals surface area contributed by atoms with Gasteiger partial charge in [0, 0.05) is 6.61 Å². The monoisotopic (exact) mass is 264 g/mol. The first-order chi connectivity index (χ1) is 7.82. The Hall–Kier alpha value is -0.620. The summed E-state index contributed by atoms with van der Waals surface area (Å²) in [6.45, 7) is 4.14. The van der Waals surface area contributed by atoms with Gasteiger partial charge in [0.25, 0.3) is 0 Å². The molecule has 0 aromatic carbocycles. The third kappa shape index (κ3) is 4.63. The number of sulfone groups is 1. The van der Waals surface area contributed by atoms with E-state index >= 15 is 0 Å². The predicted octanol–water partition coefficient (Wildman–Crippen LogP) is 0.937. The fourth-order valence-corrected chi connectivity index (χ4v) is 4.01. The largest absolute Gasteiger partial charge is 0.481 e. The predicted molar refractivity (Wildman–Crippen MR) is 63.6 cm³/mol. The van der Waals surface area contributed by atoms with Crippen LogP contribution in [0.5, 0.6) is 0 Å². The fraction of sp³-hybridized carbons (Fsp3) is 0.909. The second-order valence-corrected chi connectivity index (χ2v) is 7.04. The number of hydrogen-bond acceptors (Lipinski definition) is 4. The molecule has 6 heteroatoms. The highest BCUT2D eigenvalue weighted by Gasteiger charge is 2.36. The zero-order valence-corrected chi connectivity index (χ0v) is 11.1. The van der Waals surface area contributed by atoms with Crippen molar-refractivity contribution in [2.24, 2.45) is 11.8 Å². The molecular formula is C11H20O5S. The van der Waals surface area contributed by atoms with Crippen LogP contribution in [0.3, 0.4) is 0 Å². The summed E-state index contributed by atoms with van der Waals surface area (Å²) in [6.07, 6.45) is 0.908. The molecule has 0 amide bonds. The molecule has 1 heterocycles. The molecule has 0 saturated carbocycles. The second-order valence-electron chi connectivity index (χ2n) is 4.82. The Balaban J connectivity index is 2.52. The van der Waals surface area contributed by atoms with Crippen molar-refractivity contribution in [1.82, 2.24) is 0 Å². The van der Waals surface area contributed by atoms with Gasteiger partial charge >= 0.3 is 5.97 Å². The molecule has 0 aromatic rings. The summed E-state index contributed by atoms with van der Waals surface area (Å²) in [4.78, 5) is 11.1. The van der Waals surface area contributed by atoms with Crippen LogP contribution in [-0.4, -0.2) is 43.7 Å². The zero-order valence-electron chi connectivity index (χ0n) is 10.3. The van der Waals surface area contributed by atoms with E-state index in [2.05, 4.69) is 0 Å². The Bertz CT molecular complexity index is 360. The van der Waals surface area contributed by atoms with Crippen LogP contribution in [0.2, 0.25) is 0 Å². The standard InChI is InChI=1S/C11H20O5S/c1-8(2)16-5-3-10(11(12)13)9-4-6-17(14,15)7-9/h8-10H,3-7H2,1-2H3,(H,12,13). The maximum Gasteiger partial charge on any atom is 0.306 e. The lowest BCUT2D eigenvalue weighted by atomic mass is 9.89. The van der Waals surface area contributed by atoms with Crippen LogP contribution in [0.25, 0.3) is 0 Å². The maximum absolute atomic E-state index is 11.3. The molecule has 1 aliphatic rings. The highest BCUT2D eigenvalue weighted by Crippen LogP contribution is 2.28. The van der Waals surface area contributed by atoms with Crippen molar-refractivity contribution in [2.45, 2.75) is 32.8 Å². The van der Waals surface area contributed by atoms with Gasteiger partial charge in [0.2, 0.25) is 0 Å². The van der Waals surface area contributed by atoms with Crippen LogP contribution >= 0.6 is 0 Å². The SMILES string of the molecule is CC(C)OCCC(C(=O)O)C1CCS(=O)(=O)C1. The van der Waals surface area contributed by atoms with Gasteiger partial charge in [-0.1, -0.05) is 0 Å². The lowest BCUT2D eigenvalue weighted by molar-refractivity contribution is -0.144. The van der Waals surface area contributed by atoms with E-state index in [0.717, 1.165) is 0 Å². The average molecular weight is 264 g/mol. The number of aliphatic carboxylic acids is 1. The van der Waals surface area contributed by atoms with E-state index in [9.17, 15) is 13.2 Å². The third-order valence-corrected chi connectivity index (χ3v) is 4.83. The van der Waals surface area contributed by atoms with Crippen LogP contribution < -0.4 is 0 Å². The summed E-state index contributed by atoms with van der Waals surface area (Å²) < 4.78 is 28.0. The minimum atomic E-state index is -3.02. The van der Waals surface area contributed by atoms with Gasteiger partial charge in [-0.2, -0.15) is 0 Å². The van der Waals surface area contributed by atoms with Crippen molar-refractivity contribution in [1.29, 1.82) is 0 Å². The minimum Gasteiger partial charge on any atom is -0.481 e. The first-order valence-electron chi connectivity index (χ1n) is 5.86. The van der Waals surface area contributed by atoms with Gasteiger partial charge in [-0.15, -0.1) is 0 Å². The summed E-state index contributed by atoms with van der Waals surface area (Å²) >= 11 is 0. The van der Waals surface area contributed by atoms with Crippen LogP contribution in [0.1, 0.15) is 26.7 Å². The lowest BCUT2D eigenvalue weighted by Crippen LogP contribution is -2.26. The zero-order chi connectivity index (χ0) is 13.1. The van der Waals surface area contributed by atoms with Crippen LogP contribution in [0, 0.1) is 11.8 Å². The number of ether oxygens (including phenoxy) is 1. The van der Waals surface area contributed by atoms with Crippen molar-refractivity contribution in [2.75, 3.05) is 18.1 Å². The molecule has 17 heavy (non-hydrogen) atoms. The normalized spacial score (nSPS) is 25.0. The Morgan fingerprint density at radius 2 is 2.12 bits per heavy atom.